The fourth-order valence-electron chi connectivity index (χ4n) is 2.04. The standard InChI is InChI=1S/C14H16FN3/c1-9-3-4-10(2)12(7-9)14(18-16)11-5-6-17-8-13(11)15/h3-8,14,18H,16H2,1-2H3. The lowest BCUT2D eigenvalue weighted by Gasteiger charge is -2.20. The molecule has 2 rings (SSSR count). The topological polar surface area (TPSA) is 50.9 Å². The molecule has 0 spiro atoms. The second-order valence-corrected chi connectivity index (χ2v) is 4.36. The largest absolute Gasteiger partial charge is 0.271 e. The van der Waals surface area contributed by atoms with Gasteiger partial charge in [-0.15, -0.1) is 0 Å². The maximum absolute atomic E-state index is 13.8. The number of aryl methyl sites for hydroxylation is 2. The molecule has 0 amide bonds. The highest BCUT2D eigenvalue weighted by Crippen LogP contribution is 2.26. The Labute approximate surface area is 106 Å². The average molecular weight is 245 g/mol. The average Bonchev–Trinajstić information content (AvgIpc) is 2.36. The lowest BCUT2D eigenvalue weighted by molar-refractivity contribution is 0.554. The molecule has 1 heterocycles. The van der Waals surface area contributed by atoms with Crippen LogP contribution in [0.4, 0.5) is 4.39 Å². The highest BCUT2D eigenvalue weighted by atomic mass is 19.1. The Morgan fingerprint density at radius 1 is 1.22 bits per heavy atom. The first-order valence-corrected chi connectivity index (χ1v) is 5.76. The second kappa shape index (κ2) is 5.25. The molecule has 0 aliphatic heterocycles. The molecule has 94 valence electrons. The summed E-state index contributed by atoms with van der Waals surface area (Å²) in [4.78, 5) is 3.75. The van der Waals surface area contributed by atoms with E-state index in [1.54, 1.807) is 12.3 Å². The first kappa shape index (κ1) is 12.7. The van der Waals surface area contributed by atoms with Crippen molar-refractivity contribution in [2.24, 2.45) is 5.84 Å². The van der Waals surface area contributed by atoms with E-state index in [9.17, 15) is 4.39 Å². The minimum absolute atomic E-state index is 0.360. The molecular weight excluding hydrogens is 229 g/mol. The summed E-state index contributed by atoms with van der Waals surface area (Å²) in [7, 11) is 0. The number of pyridine rings is 1. The number of hydrogen-bond acceptors (Lipinski definition) is 3. The van der Waals surface area contributed by atoms with E-state index in [2.05, 4.69) is 10.4 Å². The molecule has 0 aliphatic rings. The van der Waals surface area contributed by atoms with Gasteiger partial charge in [0.1, 0.15) is 5.82 Å². The third-order valence-electron chi connectivity index (χ3n) is 3.03. The van der Waals surface area contributed by atoms with Crippen LogP contribution in [0.3, 0.4) is 0 Å². The number of halogens is 1. The van der Waals surface area contributed by atoms with Crippen LogP contribution in [-0.2, 0) is 0 Å². The van der Waals surface area contributed by atoms with E-state index in [1.165, 1.54) is 6.20 Å². The van der Waals surface area contributed by atoms with Crippen molar-refractivity contribution < 1.29 is 4.39 Å². The number of nitrogens with zero attached hydrogens (tertiary/aromatic N) is 1. The number of aromatic nitrogens is 1. The number of nitrogens with two attached hydrogens (primary N) is 1. The van der Waals surface area contributed by atoms with Crippen molar-refractivity contribution >= 4 is 0 Å². The van der Waals surface area contributed by atoms with Crippen LogP contribution in [0.5, 0.6) is 0 Å². The van der Waals surface area contributed by atoms with Crippen molar-refractivity contribution in [3.63, 3.8) is 0 Å². The van der Waals surface area contributed by atoms with Gasteiger partial charge in [0.25, 0.3) is 0 Å². The third-order valence-corrected chi connectivity index (χ3v) is 3.03. The van der Waals surface area contributed by atoms with Gasteiger partial charge in [-0.1, -0.05) is 23.8 Å². The van der Waals surface area contributed by atoms with Gasteiger partial charge in [0.15, 0.2) is 0 Å². The van der Waals surface area contributed by atoms with Crippen molar-refractivity contribution in [3.05, 3.63) is 64.7 Å². The zero-order valence-electron chi connectivity index (χ0n) is 10.4. The Morgan fingerprint density at radius 2 is 2.00 bits per heavy atom. The maximum Gasteiger partial charge on any atom is 0.146 e. The van der Waals surface area contributed by atoms with Crippen molar-refractivity contribution in [2.75, 3.05) is 0 Å². The van der Waals surface area contributed by atoms with Gasteiger partial charge in [-0.05, 0) is 31.0 Å². The Kier molecular flexibility index (Phi) is 3.69. The van der Waals surface area contributed by atoms with Crippen LogP contribution in [-0.4, -0.2) is 4.98 Å². The van der Waals surface area contributed by atoms with Crippen LogP contribution >= 0.6 is 0 Å². The van der Waals surface area contributed by atoms with Gasteiger partial charge in [0, 0.05) is 11.8 Å². The van der Waals surface area contributed by atoms with Gasteiger partial charge in [-0.2, -0.15) is 0 Å². The Bertz CT molecular complexity index is 554. The molecule has 0 saturated heterocycles. The molecule has 0 radical (unpaired) electrons. The van der Waals surface area contributed by atoms with Crippen LogP contribution in [0.25, 0.3) is 0 Å². The van der Waals surface area contributed by atoms with Gasteiger partial charge in [0.05, 0.1) is 12.2 Å². The quantitative estimate of drug-likeness (QED) is 0.645. The predicted molar refractivity (Wildman–Crippen MR) is 69.3 cm³/mol. The summed E-state index contributed by atoms with van der Waals surface area (Å²) in [5, 5.41) is 0. The summed E-state index contributed by atoms with van der Waals surface area (Å²) in [5.74, 6) is 5.23. The molecular formula is C14H16FN3. The molecule has 1 aromatic carbocycles. The van der Waals surface area contributed by atoms with Crippen molar-refractivity contribution in [3.8, 4) is 0 Å². The molecule has 0 fully saturated rings. The first-order valence-electron chi connectivity index (χ1n) is 5.76. The van der Waals surface area contributed by atoms with E-state index in [1.807, 2.05) is 32.0 Å². The molecule has 0 aliphatic carbocycles. The molecule has 3 N–H and O–H groups in total. The van der Waals surface area contributed by atoms with E-state index in [-0.39, 0.29) is 11.9 Å². The zero-order valence-corrected chi connectivity index (χ0v) is 10.4. The summed E-state index contributed by atoms with van der Waals surface area (Å²) in [6.07, 6.45) is 2.76. The fourth-order valence-corrected chi connectivity index (χ4v) is 2.04. The highest BCUT2D eigenvalue weighted by Gasteiger charge is 2.18. The lowest BCUT2D eigenvalue weighted by atomic mass is 9.94. The van der Waals surface area contributed by atoms with Crippen molar-refractivity contribution in [1.82, 2.24) is 10.4 Å². The smallest absolute Gasteiger partial charge is 0.146 e. The third kappa shape index (κ3) is 2.39. The molecule has 2 aromatic rings. The van der Waals surface area contributed by atoms with Crippen LogP contribution < -0.4 is 11.3 Å². The monoisotopic (exact) mass is 245 g/mol. The summed E-state index contributed by atoms with van der Waals surface area (Å²) >= 11 is 0. The van der Waals surface area contributed by atoms with E-state index in [0.29, 0.717) is 5.56 Å². The Hall–Kier alpha value is -1.78. The van der Waals surface area contributed by atoms with Crippen molar-refractivity contribution in [2.45, 2.75) is 19.9 Å². The lowest BCUT2D eigenvalue weighted by Crippen LogP contribution is -2.30. The maximum atomic E-state index is 13.8. The molecule has 1 atom stereocenters. The van der Waals surface area contributed by atoms with Crippen LogP contribution in [0.15, 0.2) is 36.7 Å². The molecule has 1 unspecified atom stereocenters. The van der Waals surface area contributed by atoms with Gasteiger partial charge in [-0.25, -0.2) is 9.82 Å². The number of hydrazine groups is 1. The number of nitrogens with one attached hydrogen (secondary N) is 1. The fraction of sp³-hybridized carbons (Fsp3) is 0.214. The normalized spacial score (nSPS) is 12.4. The Morgan fingerprint density at radius 3 is 2.67 bits per heavy atom. The minimum atomic E-state index is -0.368. The van der Waals surface area contributed by atoms with E-state index >= 15 is 0 Å². The Balaban J connectivity index is 2.52. The second-order valence-electron chi connectivity index (χ2n) is 4.36. The molecule has 1 aromatic heterocycles. The van der Waals surface area contributed by atoms with E-state index in [4.69, 9.17) is 5.84 Å². The van der Waals surface area contributed by atoms with Crippen LogP contribution in [0, 0.1) is 19.7 Å². The van der Waals surface area contributed by atoms with Gasteiger partial charge < -0.3 is 0 Å². The van der Waals surface area contributed by atoms with Gasteiger partial charge >= 0.3 is 0 Å². The van der Waals surface area contributed by atoms with E-state index < -0.39 is 0 Å². The zero-order chi connectivity index (χ0) is 13.1. The van der Waals surface area contributed by atoms with Crippen LogP contribution in [0.1, 0.15) is 28.3 Å². The molecule has 0 bridgehead atoms. The van der Waals surface area contributed by atoms with Crippen LogP contribution in [0.2, 0.25) is 0 Å². The molecule has 0 saturated carbocycles. The molecule has 3 nitrogen and oxygen atoms in total. The summed E-state index contributed by atoms with van der Waals surface area (Å²) < 4.78 is 13.8. The van der Waals surface area contributed by atoms with Gasteiger partial charge in [-0.3, -0.25) is 10.8 Å². The number of benzene rings is 1. The first-order chi connectivity index (χ1) is 8.63. The van der Waals surface area contributed by atoms with E-state index in [0.717, 1.165) is 16.7 Å². The highest BCUT2D eigenvalue weighted by molar-refractivity contribution is 5.38. The predicted octanol–water partition coefficient (Wildman–Crippen LogP) is 2.39. The summed E-state index contributed by atoms with van der Waals surface area (Å²) in [5.41, 5.74) is 6.34. The molecule has 4 heteroatoms. The van der Waals surface area contributed by atoms with Crippen molar-refractivity contribution in [1.29, 1.82) is 0 Å². The van der Waals surface area contributed by atoms with Gasteiger partial charge in [0.2, 0.25) is 0 Å². The SMILES string of the molecule is Cc1ccc(C)c(C(NN)c2ccncc2F)c1. The molecule has 18 heavy (non-hydrogen) atoms. The summed E-state index contributed by atoms with van der Waals surface area (Å²) in [6, 6.07) is 7.32. The summed E-state index contributed by atoms with van der Waals surface area (Å²) in [6.45, 7) is 3.98. The minimum Gasteiger partial charge on any atom is -0.271 e. The number of rotatable bonds is 3. The number of hydrogen-bond donors (Lipinski definition) is 2.